The maximum atomic E-state index is 13.2. The van der Waals surface area contributed by atoms with Gasteiger partial charge in [-0.25, -0.2) is 8.42 Å². The molecule has 2 amide bonds. The second-order valence-electron chi connectivity index (χ2n) is 6.88. The van der Waals surface area contributed by atoms with Gasteiger partial charge in [-0.15, -0.1) is 0 Å². The highest BCUT2D eigenvalue weighted by molar-refractivity contribution is 7.92. The van der Waals surface area contributed by atoms with Crippen LogP contribution in [0.3, 0.4) is 0 Å². The second-order valence-corrected chi connectivity index (χ2v) is 8.74. The summed E-state index contributed by atoms with van der Waals surface area (Å²) in [7, 11) is -3.79. The fourth-order valence-corrected chi connectivity index (χ4v) is 4.95. The Balaban J connectivity index is 1.58. The Morgan fingerprint density at radius 3 is 2.37 bits per heavy atom. The van der Waals surface area contributed by atoms with Crippen LogP contribution in [0.4, 0.5) is 11.4 Å². The number of nitrogens with zero attached hydrogens (tertiary/aromatic N) is 1. The van der Waals surface area contributed by atoms with Gasteiger partial charge in [0.2, 0.25) is 5.91 Å². The molecule has 0 aliphatic carbocycles. The molecule has 152 valence electrons. The molecule has 0 spiro atoms. The Kier molecular flexibility index (Phi) is 5.01. The molecule has 30 heavy (non-hydrogen) atoms. The lowest BCUT2D eigenvalue weighted by molar-refractivity contribution is 0.0998. The maximum Gasteiger partial charge on any atom is 0.264 e. The number of fused-ring (bicyclic) bond motifs is 1. The largest absolute Gasteiger partial charge is 0.366 e. The summed E-state index contributed by atoms with van der Waals surface area (Å²) in [4.78, 5) is 23.8. The van der Waals surface area contributed by atoms with Crippen LogP contribution in [-0.4, -0.2) is 26.8 Å². The molecule has 0 unspecified atom stereocenters. The number of primary amides is 1. The van der Waals surface area contributed by atoms with Crippen LogP contribution in [0.15, 0.2) is 77.7 Å². The summed E-state index contributed by atoms with van der Waals surface area (Å²) in [5.74, 6) is -1.02. The van der Waals surface area contributed by atoms with Gasteiger partial charge in [0.15, 0.2) is 0 Å². The van der Waals surface area contributed by atoms with E-state index in [4.69, 9.17) is 5.73 Å². The third-order valence-electron chi connectivity index (χ3n) is 4.96. The van der Waals surface area contributed by atoms with Gasteiger partial charge in [0.25, 0.3) is 15.9 Å². The molecular weight excluding hydrogens is 402 g/mol. The van der Waals surface area contributed by atoms with E-state index in [1.807, 2.05) is 12.1 Å². The van der Waals surface area contributed by atoms with Gasteiger partial charge < -0.3 is 11.1 Å². The zero-order valence-corrected chi connectivity index (χ0v) is 16.7. The summed E-state index contributed by atoms with van der Waals surface area (Å²) < 4.78 is 27.7. The van der Waals surface area contributed by atoms with Gasteiger partial charge >= 0.3 is 0 Å². The Morgan fingerprint density at radius 1 is 0.900 bits per heavy atom. The SMILES string of the molecule is NC(=O)c1ccc(NC(=O)c2cccc(S(=O)(=O)N3CCc4ccccc43)c2)cc1. The van der Waals surface area contributed by atoms with Gasteiger partial charge in [-0.3, -0.25) is 13.9 Å². The van der Waals surface area contributed by atoms with Crippen molar-refractivity contribution in [2.75, 3.05) is 16.2 Å². The maximum absolute atomic E-state index is 13.2. The van der Waals surface area contributed by atoms with Crippen molar-refractivity contribution in [2.45, 2.75) is 11.3 Å². The fraction of sp³-hybridized carbons (Fsp3) is 0.0909. The minimum Gasteiger partial charge on any atom is -0.366 e. The number of nitrogens with one attached hydrogen (secondary N) is 1. The Labute approximate surface area is 174 Å². The molecule has 1 aliphatic heterocycles. The molecular formula is C22H19N3O4S. The minimum absolute atomic E-state index is 0.0518. The zero-order chi connectivity index (χ0) is 21.3. The molecule has 0 aromatic heterocycles. The van der Waals surface area contributed by atoms with E-state index in [0.717, 1.165) is 5.56 Å². The van der Waals surface area contributed by atoms with Crippen molar-refractivity contribution >= 4 is 33.2 Å². The van der Waals surface area contributed by atoms with Crippen molar-refractivity contribution in [2.24, 2.45) is 5.73 Å². The standard InChI is InChI=1S/C22H19N3O4S/c23-21(26)16-8-10-18(11-9-16)24-22(27)17-5-3-6-19(14-17)30(28,29)25-13-12-15-4-1-2-7-20(15)25/h1-11,14H,12-13H2,(H2,23,26)(H,24,27). The average Bonchev–Trinajstić information content (AvgIpc) is 3.19. The van der Waals surface area contributed by atoms with Crippen LogP contribution in [0, 0.1) is 0 Å². The number of amides is 2. The molecule has 3 N–H and O–H groups in total. The van der Waals surface area contributed by atoms with E-state index in [1.54, 1.807) is 36.4 Å². The molecule has 7 nitrogen and oxygen atoms in total. The van der Waals surface area contributed by atoms with Crippen molar-refractivity contribution in [3.8, 4) is 0 Å². The summed E-state index contributed by atoms with van der Waals surface area (Å²) in [5, 5.41) is 2.69. The summed E-state index contributed by atoms with van der Waals surface area (Å²) in [6, 6.07) is 19.4. The number of sulfonamides is 1. The van der Waals surface area contributed by atoms with E-state index in [0.29, 0.717) is 29.9 Å². The number of hydrogen-bond donors (Lipinski definition) is 2. The minimum atomic E-state index is -3.79. The third kappa shape index (κ3) is 3.65. The highest BCUT2D eigenvalue weighted by atomic mass is 32.2. The molecule has 1 heterocycles. The quantitative estimate of drug-likeness (QED) is 0.660. The second kappa shape index (κ2) is 7.64. The molecule has 3 aromatic carbocycles. The summed E-state index contributed by atoms with van der Waals surface area (Å²) >= 11 is 0. The van der Waals surface area contributed by atoms with Crippen molar-refractivity contribution in [1.82, 2.24) is 0 Å². The number of anilines is 2. The van der Waals surface area contributed by atoms with E-state index in [2.05, 4.69) is 5.32 Å². The summed E-state index contributed by atoms with van der Waals surface area (Å²) in [6.45, 7) is 0.365. The number of para-hydroxylation sites is 1. The predicted octanol–water partition coefficient (Wildman–Crippen LogP) is 2.79. The number of benzene rings is 3. The third-order valence-corrected chi connectivity index (χ3v) is 6.77. The first-order valence-corrected chi connectivity index (χ1v) is 10.7. The summed E-state index contributed by atoms with van der Waals surface area (Å²) in [6.07, 6.45) is 0.650. The molecule has 8 heteroatoms. The molecule has 0 radical (unpaired) electrons. The lowest BCUT2D eigenvalue weighted by Gasteiger charge is -2.20. The number of carbonyl (C=O) groups excluding carboxylic acids is 2. The van der Waals surface area contributed by atoms with Crippen LogP contribution in [0.1, 0.15) is 26.3 Å². The molecule has 0 bridgehead atoms. The predicted molar refractivity (Wildman–Crippen MR) is 114 cm³/mol. The molecule has 3 aromatic rings. The van der Waals surface area contributed by atoms with Gasteiger partial charge in [0.1, 0.15) is 0 Å². The first kappa shape index (κ1) is 19.7. The van der Waals surface area contributed by atoms with E-state index in [9.17, 15) is 18.0 Å². The normalized spacial score (nSPS) is 13.0. The number of carbonyl (C=O) groups is 2. The Morgan fingerprint density at radius 2 is 1.63 bits per heavy atom. The molecule has 0 saturated carbocycles. The van der Waals surface area contributed by atoms with Gasteiger partial charge in [0.05, 0.1) is 10.6 Å². The van der Waals surface area contributed by atoms with Crippen LogP contribution < -0.4 is 15.4 Å². The van der Waals surface area contributed by atoms with E-state index in [-0.39, 0.29) is 10.5 Å². The lowest BCUT2D eigenvalue weighted by atomic mass is 10.2. The van der Waals surface area contributed by atoms with Crippen LogP contribution in [0.5, 0.6) is 0 Å². The highest BCUT2D eigenvalue weighted by Gasteiger charge is 2.30. The first-order chi connectivity index (χ1) is 14.4. The van der Waals surface area contributed by atoms with Crippen LogP contribution in [0.25, 0.3) is 0 Å². The van der Waals surface area contributed by atoms with Gasteiger partial charge in [0, 0.05) is 23.4 Å². The fourth-order valence-electron chi connectivity index (χ4n) is 3.40. The van der Waals surface area contributed by atoms with Crippen LogP contribution in [-0.2, 0) is 16.4 Å². The molecule has 1 aliphatic rings. The molecule has 4 rings (SSSR count). The summed E-state index contributed by atoms with van der Waals surface area (Å²) in [5.41, 5.74) is 7.86. The van der Waals surface area contributed by atoms with Crippen molar-refractivity contribution in [3.05, 3.63) is 89.5 Å². The van der Waals surface area contributed by atoms with Gasteiger partial charge in [-0.05, 0) is 60.5 Å². The van der Waals surface area contributed by atoms with E-state index >= 15 is 0 Å². The topological polar surface area (TPSA) is 110 Å². The van der Waals surface area contributed by atoms with Gasteiger partial charge in [-0.2, -0.15) is 0 Å². The molecule has 0 saturated heterocycles. The number of rotatable bonds is 5. The first-order valence-electron chi connectivity index (χ1n) is 9.28. The molecule has 0 atom stereocenters. The van der Waals surface area contributed by atoms with E-state index < -0.39 is 21.8 Å². The zero-order valence-electron chi connectivity index (χ0n) is 15.9. The smallest absolute Gasteiger partial charge is 0.264 e. The van der Waals surface area contributed by atoms with E-state index in [1.165, 1.54) is 28.6 Å². The highest BCUT2D eigenvalue weighted by Crippen LogP contribution is 2.32. The van der Waals surface area contributed by atoms with Crippen molar-refractivity contribution in [3.63, 3.8) is 0 Å². The van der Waals surface area contributed by atoms with Gasteiger partial charge in [-0.1, -0.05) is 24.3 Å². The number of nitrogens with two attached hydrogens (primary N) is 1. The van der Waals surface area contributed by atoms with Crippen LogP contribution in [0.2, 0.25) is 0 Å². The Bertz CT molecular complexity index is 1240. The Hall–Kier alpha value is -3.65. The lowest BCUT2D eigenvalue weighted by Crippen LogP contribution is -2.29. The average molecular weight is 421 g/mol. The monoisotopic (exact) mass is 421 g/mol. The van der Waals surface area contributed by atoms with Crippen molar-refractivity contribution < 1.29 is 18.0 Å². The molecule has 0 fully saturated rings. The van der Waals surface area contributed by atoms with Crippen LogP contribution >= 0.6 is 0 Å². The van der Waals surface area contributed by atoms with Crippen molar-refractivity contribution in [1.29, 1.82) is 0 Å². The number of hydrogen-bond acceptors (Lipinski definition) is 4.